The number of hydrogen-bond donors (Lipinski definition) is 3. The van der Waals surface area contributed by atoms with Gasteiger partial charge in [0.05, 0.1) is 13.0 Å². The molecule has 0 aromatic rings. The van der Waals surface area contributed by atoms with Crippen LogP contribution >= 0.6 is 0 Å². The molecule has 0 aromatic heterocycles. The number of rotatable bonds is 5. The second kappa shape index (κ2) is 7.12. The van der Waals surface area contributed by atoms with Gasteiger partial charge in [-0.25, -0.2) is 4.79 Å². The van der Waals surface area contributed by atoms with Gasteiger partial charge in [-0.1, -0.05) is 13.8 Å². The Balaban J connectivity index is 2.58. The molecule has 1 fully saturated rings. The number of nitrogens with one attached hydrogen (secondary N) is 3. The lowest BCUT2D eigenvalue weighted by atomic mass is 9.78. The first-order chi connectivity index (χ1) is 9.40. The van der Waals surface area contributed by atoms with E-state index in [9.17, 15) is 14.4 Å². The minimum atomic E-state index is -0.673. The van der Waals surface area contributed by atoms with Gasteiger partial charge in [-0.15, -0.1) is 0 Å². The highest BCUT2D eigenvalue weighted by Crippen LogP contribution is 2.27. The van der Waals surface area contributed by atoms with Crippen molar-refractivity contribution in [1.29, 1.82) is 0 Å². The molecule has 1 saturated carbocycles. The Kier molecular flexibility index (Phi) is 5.79. The van der Waals surface area contributed by atoms with Gasteiger partial charge in [0.25, 0.3) is 0 Å². The number of amides is 3. The SMILES string of the molecule is CNC(=O)[C@H]1CC[C@@H]1NC(=O)[C@@H](NC(=O)OC)C(C)C. The summed E-state index contributed by atoms with van der Waals surface area (Å²) in [6, 6.07) is -0.837. The zero-order valence-corrected chi connectivity index (χ0v) is 12.4. The van der Waals surface area contributed by atoms with E-state index in [1.165, 1.54) is 7.11 Å². The zero-order valence-electron chi connectivity index (χ0n) is 12.4. The summed E-state index contributed by atoms with van der Waals surface area (Å²) in [4.78, 5) is 35.0. The van der Waals surface area contributed by atoms with Crippen LogP contribution in [0.15, 0.2) is 0 Å². The highest BCUT2D eigenvalue weighted by molar-refractivity contribution is 5.87. The van der Waals surface area contributed by atoms with Crippen molar-refractivity contribution in [3.63, 3.8) is 0 Å². The summed E-state index contributed by atoms with van der Waals surface area (Å²) in [5.74, 6) is -0.616. The molecule has 0 heterocycles. The van der Waals surface area contributed by atoms with Gasteiger partial charge in [0.1, 0.15) is 6.04 Å². The monoisotopic (exact) mass is 285 g/mol. The first-order valence-corrected chi connectivity index (χ1v) is 6.77. The molecule has 0 unspecified atom stereocenters. The summed E-state index contributed by atoms with van der Waals surface area (Å²) in [6.07, 6.45) is 0.893. The molecule has 3 N–H and O–H groups in total. The van der Waals surface area contributed by atoms with Crippen LogP contribution in [0.3, 0.4) is 0 Å². The fourth-order valence-electron chi connectivity index (χ4n) is 2.17. The summed E-state index contributed by atoms with van der Waals surface area (Å²) in [6.45, 7) is 3.66. The topological polar surface area (TPSA) is 96.5 Å². The number of carbonyl (C=O) groups is 3. The van der Waals surface area contributed by atoms with Crippen LogP contribution in [-0.2, 0) is 14.3 Å². The maximum atomic E-state index is 12.2. The molecule has 3 atom stereocenters. The summed E-state index contributed by atoms with van der Waals surface area (Å²) in [5, 5.41) is 7.91. The molecule has 114 valence electrons. The zero-order chi connectivity index (χ0) is 15.3. The quantitative estimate of drug-likeness (QED) is 0.663. The Bertz CT molecular complexity index is 384. The van der Waals surface area contributed by atoms with E-state index in [1.807, 2.05) is 13.8 Å². The first-order valence-electron chi connectivity index (χ1n) is 6.77. The molecule has 0 saturated heterocycles. The standard InChI is InChI=1S/C13H23N3O4/c1-7(2)10(16-13(19)20-4)12(18)15-9-6-5-8(9)11(17)14-3/h7-10H,5-6H2,1-4H3,(H,14,17)(H,15,18)(H,16,19)/t8-,9-,10-/m0/s1. The molecule has 20 heavy (non-hydrogen) atoms. The maximum Gasteiger partial charge on any atom is 0.407 e. The van der Waals surface area contributed by atoms with Crippen LogP contribution in [0.2, 0.25) is 0 Å². The van der Waals surface area contributed by atoms with Gasteiger partial charge >= 0.3 is 6.09 Å². The fourth-order valence-corrected chi connectivity index (χ4v) is 2.17. The summed E-state index contributed by atoms with van der Waals surface area (Å²) < 4.78 is 4.51. The third kappa shape index (κ3) is 3.85. The normalized spacial score (nSPS) is 22.4. The van der Waals surface area contributed by atoms with Gasteiger partial charge in [0, 0.05) is 13.1 Å². The van der Waals surface area contributed by atoms with E-state index in [4.69, 9.17) is 0 Å². The predicted molar refractivity (Wildman–Crippen MR) is 72.9 cm³/mol. The number of ether oxygens (including phenoxy) is 1. The van der Waals surface area contributed by atoms with Crippen molar-refractivity contribution in [2.75, 3.05) is 14.2 Å². The van der Waals surface area contributed by atoms with Gasteiger partial charge < -0.3 is 20.7 Å². The van der Waals surface area contributed by atoms with Crippen LogP contribution in [0.4, 0.5) is 4.79 Å². The number of carbonyl (C=O) groups excluding carboxylic acids is 3. The third-order valence-electron chi connectivity index (χ3n) is 3.59. The van der Waals surface area contributed by atoms with Crippen molar-refractivity contribution in [2.24, 2.45) is 11.8 Å². The molecule has 0 radical (unpaired) electrons. The lowest BCUT2D eigenvalue weighted by Crippen LogP contribution is -2.58. The van der Waals surface area contributed by atoms with Gasteiger partial charge in [-0.3, -0.25) is 9.59 Å². The Morgan fingerprint density at radius 2 is 1.85 bits per heavy atom. The van der Waals surface area contributed by atoms with Crippen LogP contribution in [0.1, 0.15) is 26.7 Å². The van der Waals surface area contributed by atoms with E-state index in [1.54, 1.807) is 7.05 Å². The average molecular weight is 285 g/mol. The van der Waals surface area contributed by atoms with Crippen LogP contribution in [0.25, 0.3) is 0 Å². The number of alkyl carbamates (subject to hydrolysis) is 1. The Morgan fingerprint density at radius 1 is 1.20 bits per heavy atom. The second-order valence-electron chi connectivity index (χ2n) is 5.27. The van der Waals surface area contributed by atoms with Gasteiger partial charge in [-0.2, -0.15) is 0 Å². The van der Waals surface area contributed by atoms with Crippen molar-refractivity contribution in [2.45, 2.75) is 38.8 Å². The third-order valence-corrected chi connectivity index (χ3v) is 3.59. The molecule has 7 nitrogen and oxygen atoms in total. The van der Waals surface area contributed by atoms with Crippen molar-refractivity contribution in [3.8, 4) is 0 Å². The second-order valence-corrected chi connectivity index (χ2v) is 5.27. The molecule has 1 rings (SSSR count). The molecule has 0 aliphatic heterocycles. The molecule has 0 spiro atoms. The average Bonchev–Trinajstić information content (AvgIpc) is 2.39. The number of methoxy groups -OCH3 is 1. The van der Waals surface area contributed by atoms with E-state index < -0.39 is 12.1 Å². The Hall–Kier alpha value is -1.79. The lowest BCUT2D eigenvalue weighted by molar-refractivity contribution is -0.131. The molecule has 0 bridgehead atoms. The molecular weight excluding hydrogens is 262 g/mol. The molecular formula is C13H23N3O4. The lowest BCUT2D eigenvalue weighted by Gasteiger charge is -2.36. The van der Waals surface area contributed by atoms with Crippen molar-refractivity contribution >= 4 is 17.9 Å². The smallest absolute Gasteiger partial charge is 0.407 e. The van der Waals surface area contributed by atoms with Crippen LogP contribution in [0.5, 0.6) is 0 Å². The molecule has 3 amide bonds. The predicted octanol–water partition coefficient (Wildman–Crippen LogP) is 0.00780. The number of hydrogen-bond acceptors (Lipinski definition) is 4. The van der Waals surface area contributed by atoms with E-state index in [2.05, 4.69) is 20.7 Å². The highest BCUT2D eigenvalue weighted by Gasteiger charge is 2.38. The van der Waals surface area contributed by atoms with Crippen LogP contribution < -0.4 is 16.0 Å². The van der Waals surface area contributed by atoms with Gasteiger partial charge in [0.15, 0.2) is 0 Å². The van der Waals surface area contributed by atoms with E-state index in [0.717, 1.165) is 12.8 Å². The maximum absolute atomic E-state index is 12.2. The fraction of sp³-hybridized carbons (Fsp3) is 0.769. The first kappa shape index (κ1) is 16.3. The van der Waals surface area contributed by atoms with Crippen molar-refractivity contribution in [3.05, 3.63) is 0 Å². The van der Waals surface area contributed by atoms with Crippen LogP contribution in [-0.4, -0.2) is 44.1 Å². The highest BCUT2D eigenvalue weighted by atomic mass is 16.5. The summed E-state index contributed by atoms with van der Waals surface area (Å²) >= 11 is 0. The van der Waals surface area contributed by atoms with Crippen molar-refractivity contribution < 1.29 is 19.1 Å². The largest absolute Gasteiger partial charge is 0.453 e. The van der Waals surface area contributed by atoms with E-state index in [0.29, 0.717) is 0 Å². The molecule has 1 aliphatic carbocycles. The Morgan fingerprint density at radius 3 is 2.25 bits per heavy atom. The summed E-state index contributed by atoms with van der Waals surface area (Å²) in [7, 11) is 2.83. The Labute approximate surface area is 118 Å². The van der Waals surface area contributed by atoms with E-state index in [-0.39, 0.29) is 29.7 Å². The molecule has 7 heteroatoms. The van der Waals surface area contributed by atoms with Gasteiger partial charge in [-0.05, 0) is 18.8 Å². The van der Waals surface area contributed by atoms with Crippen LogP contribution in [0, 0.1) is 11.8 Å². The minimum Gasteiger partial charge on any atom is -0.453 e. The van der Waals surface area contributed by atoms with Gasteiger partial charge in [0.2, 0.25) is 11.8 Å². The van der Waals surface area contributed by atoms with E-state index >= 15 is 0 Å². The molecule has 0 aromatic carbocycles. The molecule has 1 aliphatic rings. The minimum absolute atomic E-state index is 0.0661. The van der Waals surface area contributed by atoms with Crippen molar-refractivity contribution in [1.82, 2.24) is 16.0 Å². The summed E-state index contributed by atoms with van der Waals surface area (Å²) in [5.41, 5.74) is 0.